The third kappa shape index (κ3) is 6.30. The van der Waals surface area contributed by atoms with Gasteiger partial charge >= 0.3 is 12.1 Å². The van der Waals surface area contributed by atoms with Crippen LogP contribution in [0.1, 0.15) is 34.2 Å². The number of aliphatic carboxylic acids is 1. The molecule has 188 valence electrons. The second kappa shape index (κ2) is 10.8. The Morgan fingerprint density at radius 1 is 1.19 bits per heavy atom. The van der Waals surface area contributed by atoms with E-state index in [1.807, 2.05) is 25.1 Å². The van der Waals surface area contributed by atoms with Crippen LogP contribution < -0.4 is 4.74 Å². The van der Waals surface area contributed by atoms with Crippen molar-refractivity contribution in [1.82, 2.24) is 4.98 Å². The Bertz CT molecular complexity index is 1330. The van der Waals surface area contributed by atoms with Crippen molar-refractivity contribution in [3.05, 3.63) is 88.3 Å². The van der Waals surface area contributed by atoms with Crippen molar-refractivity contribution in [3.8, 4) is 16.3 Å². The second-order valence-electron chi connectivity index (χ2n) is 8.09. The maximum atomic E-state index is 13.0. The van der Waals surface area contributed by atoms with Gasteiger partial charge in [0, 0.05) is 27.5 Å². The molecule has 0 amide bonds. The number of furan rings is 1. The number of carboxylic acids is 1. The smallest absolute Gasteiger partial charge is 0.416 e. The number of hydrogen-bond donors (Lipinski definition) is 1. The van der Waals surface area contributed by atoms with Crippen LogP contribution in [0, 0.1) is 6.92 Å². The lowest BCUT2D eigenvalue weighted by Gasteiger charge is -2.13. The monoisotopic (exact) mass is 533 g/mol. The molecule has 2 aromatic heterocycles. The van der Waals surface area contributed by atoms with Crippen LogP contribution in [0.25, 0.3) is 10.6 Å². The van der Waals surface area contributed by atoms with Crippen LogP contribution >= 0.6 is 23.1 Å². The van der Waals surface area contributed by atoms with E-state index in [1.165, 1.54) is 30.4 Å². The van der Waals surface area contributed by atoms with Crippen molar-refractivity contribution in [1.29, 1.82) is 0 Å². The van der Waals surface area contributed by atoms with E-state index in [0.717, 1.165) is 38.7 Å². The van der Waals surface area contributed by atoms with Crippen LogP contribution in [-0.2, 0) is 23.1 Å². The fourth-order valence-corrected chi connectivity index (χ4v) is 5.56. The second-order valence-corrected chi connectivity index (χ2v) is 10.2. The van der Waals surface area contributed by atoms with Crippen LogP contribution in [0.3, 0.4) is 0 Å². The van der Waals surface area contributed by atoms with Crippen LogP contribution in [0.5, 0.6) is 5.75 Å². The van der Waals surface area contributed by atoms with Crippen LogP contribution in [0.2, 0.25) is 0 Å². The fraction of sp³-hybridized carbons (Fsp3) is 0.231. The first kappa shape index (κ1) is 25.8. The van der Waals surface area contributed by atoms with Gasteiger partial charge in [-0.2, -0.15) is 13.2 Å². The van der Waals surface area contributed by atoms with Gasteiger partial charge in [-0.15, -0.1) is 23.1 Å². The lowest BCUT2D eigenvalue weighted by Crippen LogP contribution is -2.23. The number of thioether (sulfide) groups is 1. The Kier molecular flexibility index (Phi) is 7.75. The number of carboxylic acid groups (broad SMARTS) is 1. The molecule has 0 aliphatic rings. The molecule has 4 rings (SSSR count). The summed E-state index contributed by atoms with van der Waals surface area (Å²) >= 11 is 3.04. The SMILES string of the molecule is Cc1cc(SCc2sc(-c3ccc(C(F)(F)F)cc3)nc2Cc2ccoc2)ccc1OC(C)C(=O)O. The van der Waals surface area contributed by atoms with Gasteiger partial charge in [-0.25, -0.2) is 9.78 Å². The van der Waals surface area contributed by atoms with Crippen molar-refractivity contribution in [2.75, 3.05) is 0 Å². The number of alkyl halides is 3. The minimum absolute atomic E-state index is 0.511. The number of benzene rings is 2. The van der Waals surface area contributed by atoms with E-state index in [1.54, 1.807) is 30.4 Å². The minimum Gasteiger partial charge on any atom is -0.479 e. The molecule has 10 heteroatoms. The molecule has 0 aliphatic heterocycles. The van der Waals surface area contributed by atoms with E-state index in [4.69, 9.17) is 19.2 Å². The number of thiazole rings is 1. The molecule has 0 aliphatic carbocycles. The van der Waals surface area contributed by atoms with E-state index >= 15 is 0 Å². The molecule has 5 nitrogen and oxygen atoms in total. The summed E-state index contributed by atoms with van der Waals surface area (Å²) in [7, 11) is 0. The largest absolute Gasteiger partial charge is 0.479 e. The molecule has 2 aromatic carbocycles. The Hall–Kier alpha value is -3.24. The molecule has 0 fully saturated rings. The third-order valence-electron chi connectivity index (χ3n) is 5.36. The van der Waals surface area contributed by atoms with Crippen LogP contribution in [0.15, 0.2) is 70.4 Å². The number of rotatable bonds is 9. The molecular formula is C26H22F3NO4S2. The fourth-order valence-electron chi connectivity index (χ4n) is 3.38. The molecule has 1 N–H and O–H groups in total. The van der Waals surface area contributed by atoms with E-state index in [-0.39, 0.29) is 0 Å². The normalized spacial score (nSPS) is 12.5. The zero-order chi connectivity index (χ0) is 25.9. The average molecular weight is 534 g/mol. The standard InChI is InChI=1S/C26H22F3NO4S2/c1-15-11-20(7-8-22(15)34-16(2)25(31)32)35-14-23-21(12-17-9-10-33-13-17)30-24(36-23)18-3-5-19(6-4-18)26(27,28)29/h3-11,13,16H,12,14H2,1-2H3,(H,31,32). The number of nitrogens with zero attached hydrogens (tertiary/aromatic N) is 1. The van der Waals surface area contributed by atoms with Gasteiger partial charge in [0.1, 0.15) is 10.8 Å². The lowest BCUT2D eigenvalue weighted by atomic mass is 10.1. The lowest BCUT2D eigenvalue weighted by molar-refractivity contribution is -0.144. The number of hydrogen-bond acceptors (Lipinski definition) is 6. The van der Waals surface area contributed by atoms with Gasteiger partial charge in [0.15, 0.2) is 6.10 Å². The summed E-state index contributed by atoms with van der Waals surface area (Å²) in [6, 6.07) is 12.4. The van der Waals surface area contributed by atoms with Gasteiger partial charge in [-0.05, 0) is 61.4 Å². The first-order valence-corrected chi connectivity index (χ1v) is 12.7. The van der Waals surface area contributed by atoms with E-state index < -0.39 is 23.8 Å². The van der Waals surface area contributed by atoms with Crippen molar-refractivity contribution < 1.29 is 32.2 Å². The zero-order valence-corrected chi connectivity index (χ0v) is 21.0. The molecule has 4 aromatic rings. The quantitative estimate of drug-likeness (QED) is 0.225. The Morgan fingerprint density at radius 3 is 2.56 bits per heavy atom. The van der Waals surface area contributed by atoms with Gasteiger partial charge in [0.05, 0.1) is 23.8 Å². The molecule has 1 atom stereocenters. The molecule has 2 heterocycles. The molecule has 0 bridgehead atoms. The molecular weight excluding hydrogens is 511 g/mol. The highest BCUT2D eigenvalue weighted by Crippen LogP contribution is 2.36. The number of aryl methyl sites for hydroxylation is 1. The summed E-state index contributed by atoms with van der Waals surface area (Å²) in [4.78, 5) is 17.8. The van der Waals surface area contributed by atoms with E-state index in [9.17, 15) is 18.0 Å². The minimum atomic E-state index is -4.39. The summed E-state index contributed by atoms with van der Waals surface area (Å²) in [5, 5.41) is 9.71. The van der Waals surface area contributed by atoms with Gasteiger partial charge in [0.2, 0.25) is 0 Å². The molecule has 0 saturated heterocycles. The van der Waals surface area contributed by atoms with Crippen LogP contribution in [0.4, 0.5) is 13.2 Å². The molecule has 1 unspecified atom stereocenters. The van der Waals surface area contributed by atoms with Gasteiger partial charge < -0.3 is 14.3 Å². The van der Waals surface area contributed by atoms with Gasteiger partial charge in [-0.3, -0.25) is 0 Å². The van der Waals surface area contributed by atoms with Crippen molar-refractivity contribution >= 4 is 29.1 Å². The summed E-state index contributed by atoms with van der Waals surface area (Å²) < 4.78 is 49.5. The highest BCUT2D eigenvalue weighted by molar-refractivity contribution is 7.98. The maximum Gasteiger partial charge on any atom is 0.416 e. The maximum absolute atomic E-state index is 13.0. The summed E-state index contributed by atoms with van der Waals surface area (Å²) in [5.41, 5.74) is 2.55. The third-order valence-corrected chi connectivity index (χ3v) is 7.71. The van der Waals surface area contributed by atoms with Crippen molar-refractivity contribution in [2.45, 2.75) is 43.2 Å². The Balaban J connectivity index is 1.55. The highest BCUT2D eigenvalue weighted by atomic mass is 32.2. The summed E-state index contributed by atoms with van der Waals surface area (Å²) in [6.45, 7) is 3.33. The summed E-state index contributed by atoms with van der Waals surface area (Å²) in [5.74, 6) is 0.0840. The molecule has 0 radical (unpaired) electrons. The first-order valence-electron chi connectivity index (χ1n) is 10.9. The number of halogens is 3. The van der Waals surface area contributed by atoms with Crippen LogP contribution in [-0.4, -0.2) is 22.2 Å². The van der Waals surface area contributed by atoms with Gasteiger partial charge in [-0.1, -0.05) is 12.1 Å². The predicted octanol–water partition coefficient (Wildman–Crippen LogP) is 7.47. The Labute approximate surface area is 214 Å². The van der Waals surface area contributed by atoms with Crippen molar-refractivity contribution in [3.63, 3.8) is 0 Å². The molecule has 0 saturated carbocycles. The first-order chi connectivity index (χ1) is 17.1. The van der Waals surface area contributed by atoms with Crippen molar-refractivity contribution in [2.24, 2.45) is 0 Å². The number of ether oxygens (including phenoxy) is 1. The number of aromatic nitrogens is 1. The van der Waals surface area contributed by atoms with E-state index in [0.29, 0.717) is 28.5 Å². The topological polar surface area (TPSA) is 72.6 Å². The Morgan fingerprint density at radius 2 is 1.94 bits per heavy atom. The molecule has 36 heavy (non-hydrogen) atoms. The van der Waals surface area contributed by atoms with Gasteiger partial charge in [0.25, 0.3) is 0 Å². The van der Waals surface area contributed by atoms with E-state index in [2.05, 4.69) is 0 Å². The summed E-state index contributed by atoms with van der Waals surface area (Å²) in [6.07, 6.45) is -1.56. The number of carbonyl (C=O) groups is 1. The highest BCUT2D eigenvalue weighted by Gasteiger charge is 2.30. The predicted molar refractivity (Wildman–Crippen MR) is 133 cm³/mol. The molecule has 0 spiro atoms. The zero-order valence-electron chi connectivity index (χ0n) is 19.3. The average Bonchev–Trinajstić information content (AvgIpc) is 3.49.